The fourth-order valence-corrected chi connectivity index (χ4v) is 1.15. The average Bonchev–Trinajstić information content (AvgIpc) is 2.09. The van der Waals surface area contributed by atoms with Crippen LogP contribution in [-0.2, 0) is 0 Å². The zero-order valence-electron chi connectivity index (χ0n) is 7.00. The van der Waals surface area contributed by atoms with Gasteiger partial charge in [-0.25, -0.2) is 4.39 Å². The first-order chi connectivity index (χ1) is 6.24. The summed E-state index contributed by atoms with van der Waals surface area (Å²) < 4.78 is 12.6. The highest BCUT2D eigenvalue weighted by Gasteiger charge is 1.97. The number of hydrogen-bond donors (Lipinski definition) is 1. The lowest BCUT2D eigenvalue weighted by Gasteiger charge is -1.97. The number of benzene rings is 1. The van der Waals surface area contributed by atoms with Gasteiger partial charge >= 0.3 is 0 Å². The minimum Gasteiger partial charge on any atom is -0.396 e. The lowest BCUT2D eigenvalue weighted by molar-refractivity contribution is 0.303. The second-order valence-electron chi connectivity index (χ2n) is 2.58. The number of aliphatic hydroxyl groups excluding tert-OH is 1. The summed E-state index contributed by atoms with van der Waals surface area (Å²) in [6.07, 6.45) is 4.13. The Hall–Kier alpha value is -0.860. The largest absolute Gasteiger partial charge is 0.396 e. The van der Waals surface area contributed by atoms with Crippen LogP contribution in [0.1, 0.15) is 12.0 Å². The maximum Gasteiger partial charge on any atom is 0.124 e. The van der Waals surface area contributed by atoms with Crippen molar-refractivity contribution in [2.45, 2.75) is 6.42 Å². The van der Waals surface area contributed by atoms with E-state index in [4.69, 9.17) is 16.7 Å². The summed E-state index contributed by atoms with van der Waals surface area (Å²) >= 11 is 5.75. The normalized spacial score (nSPS) is 11.0. The third kappa shape index (κ3) is 3.17. The van der Waals surface area contributed by atoms with E-state index in [0.29, 0.717) is 11.4 Å². The molecular formula is C10H10ClFO. The van der Waals surface area contributed by atoms with Crippen molar-refractivity contribution in [1.29, 1.82) is 0 Å². The SMILES string of the molecule is OCCC=Cc1ccc(F)cc1Cl. The minimum absolute atomic E-state index is 0.106. The predicted octanol–water partition coefficient (Wildman–Crippen LogP) is 2.87. The maximum absolute atomic E-state index is 12.6. The molecule has 3 heteroatoms. The molecule has 0 amide bonds. The van der Waals surface area contributed by atoms with Crippen molar-refractivity contribution in [1.82, 2.24) is 0 Å². The van der Waals surface area contributed by atoms with E-state index in [1.165, 1.54) is 12.1 Å². The van der Waals surface area contributed by atoms with Crippen LogP contribution in [0.25, 0.3) is 6.08 Å². The summed E-state index contributed by atoms with van der Waals surface area (Å²) in [5.74, 6) is -0.343. The van der Waals surface area contributed by atoms with Crippen molar-refractivity contribution in [3.8, 4) is 0 Å². The quantitative estimate of drug-likeness (QED) is 0.796. The molecule has 0 aliphatic carbocycles. The lowest BCUT2D eigenvalue weighted by Crippen LogP contribution is -1.79. The Morgan fingerprint density at radius 2 is 2.23 bits per heavy atom. The molecule has 1 nitrogen and oxygen atoms in total. The smallest absolute Gasteiger partial charge is 0.124 e. The molecule has 0 radical (unpaired) electrons. The van der Waals surface area contributed by atoms with Crippen molar-refractivity contribution >= 4 is 17.7 Å². The molecule has 0 aromatic heterocycles. The Kier molecular flexibility index (Phi) is 3.93. The van der Waals surface area contributed by atoms with Crippen molar-refractivity contribution in [2.24, 2.45) is 0 Å². The van der Waals surface area contributed by atoms with Gasteiger partial charge in [-0.1, -0.05) is 29.8 Å². The number of aliphatic hydroxyl groups is 1. The van der Waals surface area contributed by atoms with Crippen LogP contribution < -0.4 is 0 Å². The van der Waals surface area contributed by atoms with Crippen LogP contribution in [0.4, 0.5) is 4.39 Å². The molecule has 1 aromatic carbocycles. The monoisotopic (exact) mass is 200 g/mol. The molecule has 1 aromatic rings. The third-order valence-electron chi connectivity index (χ3n) is 1.56. The summed E-state index contributed by atoms with van der Waals surface area (Å²) in [5, 5.41) is 8.90. The summed E-state index contributed by atoms with van der Waals surface area (Å²) in [5.41, 5.74) is 0.761. The summed E-state index contributed by atoms with van der Waals surface area (Å²) in [7, 11) is 0. The third-order valence-corrected chi connectivity index (χ3v) is 1.88. The molecule has 0 saturated carbocycles. The first kappa shape index (κ1) is 10.2. The average molecular weight is 201 g/mol. The van der Waals surface area contributed by atoms with Gasteiger partial charge in [0.2, 0.25) is 0 Å². The molecule has 0 aliphatic heterocycles. The van der Waals surface area contributed by atoms with Crippen molar-refractivity contribution < 1.29 is 9.50 Å². The highest BCUT2D eigenvalue weighted by molar-refractivity contribution is 6.32. The Balaban J connectivity index is 2.77. The fourth-order valence-electron chi connectivity index (χ4n) is 0.922. The molecule has 13 heavy (non-hydrogen) atoms. The van der Waals surface area contributed by atoms with Crippen LogP contribution in [0.3, 0.4) is 0 Å². The van der Waals surface area contributed by atoms with E-state index < -0.39 is 0 Å². The molecule has 0 heterocycles. The molecule has 0 saturated heterocycles. The fraction of sp³-hybridized carbons (Fsp3) is 0.200. The highest BCUT2D eigenvalue weighted by Crippen LogP contribution is 2.18. The number of hydrogen-bond acceptors (Lipinski definition) is 1. The standard InChI is InChI=1S/C10H10ClFO/c11-10-7-9(12)5-4-8(10)3-1-2-6-13/h1,3-5,7,13H,2,6H2. The Morgan fingerprint density at radius 1 is 1.46 bits per heavy atom. The van der Waals surface area contributed by atoms with Gasteiger partial charge in [-0.3, -0.25) is 0 Å². The number of halogens is 2. The van der Waals surface area contributed by atoms with Gasteiger partial charge in [0.25, 0.3) is 0 Å². The van der Waals surface area contributed by atoms with E-state index in [1.54, 1.807) is 18.2 Å². The van der Waals surface area contributed by atoms with Gasteiger partial charge in [-0.15, -0.1) is 0 Å². The molecule has 0 unspecified atom stereocenters. The molecule has 0 atom stereocenters. The van der Waals surface area contributed by atoms with Crippen LogP contribution >= 0.6 is 11.6 Å². The van der Waals surface area contributed by atoms with Gasteiger partial charge < -0.3 is 5.11 Å². The molecule has 1 N–H and O–H groups in total. The van der Waals surface area contributed by atoms with Crippen molar-refractivity contribution in [3.63, 3.8) is 0 Å². The van der Waals surface area contributed by atoms with E-state index in [1.807, 2.05) is 0 Å². The van der Waals surface area contributed by atoms with Crippen LogP contribution in [-0.4, -0.2) is 11.7 Å². The molecular weight excluding hydrogens is 191 g/mol. The van der Waals surface area contributed by atoms with Crippen LogP contribution in [0.15, 0.2) is 24.3 Å². The van der Waals surface area contributed by atoms with E-state index in [9.17, 15) is 4.39 Å². The van der Waals surface area contributed by atoms with E-state index >= 15 is 0 Å². The minimum atomic E-state index is -0.343. The lowest BCUT2D eigenvalue weighted by atomic mass is 10.2. The van der Waals surface area contributed by atoms with Gasteiger partial charge in [-0.2, -0.15) is 0 Å². The van der Waals surface area contributed by atoms with Crippen molar-refractivity contribution in [3.05, 3.63) is 40.7 Å². The Labute approximate surface area is 81.5 Å². The van der Waals surface area contributed by atoms with Crippen molar-refractivity contribution in [2.75, 3.05) is 6.61 Å². The van der Waals surface area contributed by atoms with Gasteiger partial charge in [0.05, 0.1) is 5.02 Å². The van der Waals surface area contributed by atoms with Crippen LogP contribution in [0.2, 0.25) is 5.02 Å². The zero-order chi connectivity index (χ0) is 9.68. The highest BCUT2D eigenvalue weighted by atomic mass is 35.5. The first-order valence-corrected chi connectivity index (χ1v) is 4.34. The van der Waals surface area contributed by atoms with E-state index in [2.05, 4.69) is 0 Å². The first-order valence-electron chi connectivity index (χ1n) is 3.96. The molecule has 0 aliphatic rings. The predicted molar refractivity (Wildman–Crippen MR) is 52.1 cm³/mol. The second kappa shape index (κ2) is 5.00. The molecule has 0 spiro atoms. The molecule has 0 fully saturated rings. The maximum atomic E-state index is 12.6. The van der Waals surface area contributed by atoms with Crippen LogP contribution in [0, 0.1) is 5.82 Å². The van der Waals surface area contributed by atoms with Gasteiger partial charge in [0, 0.05) is 6.61 Å². The topological polar surface area (TPSA) is 20.2 Å². The molecule has 1 rings (SSSR count). The summed E-state index contributed by atoms with van der Waals surface area (Å²) in [6.45, 7) is 0.106. The molecule has 0 bridgehead atoms. The second-order valence-corrected chi connectivity index (χ2v) is 2.99. The Morgan fingerprint density at radius 3 is 2.85 bits per heavy atom. The van der Waals surface area contributed by atoms with Gasteiger partial charge in [-0.05, 0) is 24.1 Å². The molecule has 70 valence electrons. The van der Waals surface area contributed by atoms with Gasteiger partial charge in [0.1, 0.15) is 5.82 Å². The van der Waals surface area contributed by atoms with Crippen LogP contribution in [0.5, 0.6) is 0 Å². The summed E-state index contributed by atoms with van der Waals surface area (Å²) in [4.78, 5) is 0. The van der Waals surface area contributed by atoms with E-state index in [0.717, 1.165) is 5.56 Å². The number of rotatable bonds is 3. The Bertz CT molecular complexity index is 310. The summed E-state index contributed by atoms with van der Waals surface area (Å²) in [6, 6.07) is 4.22. The van der Waals surface area contributed by atoms with Gasteiger partial charge in [0.15, 0.2) is 0 Å². The zero-order valence-corrected chi connectivity index (χ0v) is 7.76. The van der Waals surface area contributed by atoms with E-state index in [-0.39, 0.29) is 12.4 Å².